The summed E-state index contributed by atoms with van der Waals surface area (Å²) < 4.78 is 0. The van der Waals surface area contributed by atoms with Crippen molar-refractivity contribution >= 4 is 5.69 Å². The smallest absolute Gasteiger partial charge is 0.0375 e. The first-order valence-corrected chi connectivity index (χ1v) is 7.13. The van der Waals surface area contributed by atoms with E-state index in [1.165, 1.54) is 28.8 Å². The van der Waals surface area contributed by atoms with Gasteiger partial charge in [-0.05, 0) is 48.4 Å². The number of anilines is 1. The van der Waals surface area contributed by atoms with Gasteiger partial charge in [0.15, 0.2) is 0 Å². The molecule has 2 aromatic rings. The Morgan fingerprint density at radius 2 is 1.79 bits per heavy atom. The lowest BCUT2D eigenvalue weighted by molar-refractivity contribution is 0.461. The van der Waals surface area contributed by atoms with Gasteiger partial charge in [-0.1, -0.05) is 49.4 Å². The second-order valence-corrected chi connectivity index (χ2v) is 5.72. The lowest BCUT2D eigenvalue weighted by Gasteiger charge is -2.33. The van der Waals surface area contributed by atoms with Crippen LogP contribution in [0.2, 0.25) is 0 Å². The molecular weight excluding hydrogens is 230 g/mol. The zero-order chi connectivity index (χ0) is 13.2. The van der Waals surface area contributed by atoms with Crippen LogP contribution in [-0.4, -0.2) is 6.04 Å². The van der Waals surface area contributed by atoms with Crippen molar-refractivity contribution in [2.45, 2.75) is 32.7 Å². The van der Waals surface area contributed by atoms with Gasteiger partial charge < -0.3 is 5.32 Å². The van der Waals surface area contributed by atoms with Crippen LogP contribution >= 0.6 is 0 Å². The van der Waals surface area contributed by atoms with Crippen LogP contribution in [0.25, 0.3) is 0 Å². The minimum atomic E-state index is 0.538. The van der Waals surface area contributed by atoms with Gasteiger partial charge in [-0.15, -0.1) is 0 Å². The maximum Gasteiger partial charge on any atom is 0.0375 e. The molecule has 0 aliphatic carbocycles. The average Bonchev–Trinajstić information content (AvgIpc) is 2.42. The Morgan fingerprint density at radius 3 is 2.63 bits per heavy atom. The molecule has 0 saturated heterocycles. The molecule has 0 amide bonds. The quantitative estimate of drug-likeness (QED) is 0.843. The van der Waals surface area contributed by atoms with Gasteiger partial charge in [0.25, 0.3) is 0 Å². The lowest BCUT2D eigenvalue weighted by atomic mass is 9.85. The number of hydrogen-bond acceptors (Lipinski definition) is 1. The van der Waals surface area contributed by atoms with Gasteiger partial charge in [0.1, 0.15) is 0 Å². The molecule has 0 bridgehead atoms. The largest absolute Gasteiger partial charge is 0.381 e. The fourth-order valence-corrected chi connectivity index (χ4v) is 3.00. The maximum atomic E-state index is 3.72. The first-order chi connectivity index (χ1) is 9.24. The topological polar surface area (TPSA) is 12.0 Å². The third kappa shape index (κ3) is 2.51. The summed E-state index contributed by atoms with van der Waals surface area (Å²) in [6.07, 6.45) is 2.29. The second kappa shape index (κ2) is 5.08. The highest BCUT2D eigenvalue weighted by atomic mass is 14.9. The van der Waals surface area contributed by atoms with Gasteiger partial charge >= 0.3 is 0 Å². The Bertz CT molecular complexity index is 573. The van der Waals surface area contributed by atoms with E-state index in [0.29, 0.717) is 12.0 Å². The van der Waals surface area contributed by atoms with Gasteiger partial charge in [-0.25, -0.2) is 0 Å². The predicted octanol–water partition coefficient (Wildman–Crippen LogP) is 4.21. The van der Waals surface area contributed by atoms with E-state index in [0.717, 1.165) is 6.42 Å². The Kier molecular flexibility index (Phi) is 3.29. The zero-order valence-electron chi connectivity index (χ0n) is 11.7. The highest BCUT2D eigenvalue weighted by Crippen LogP contribution is 2.29. The SMILES string of the molecule is Cc1ccccc1CC1Nc2ccccc2CC1C. The lowest BCUT2D eigenvalue weighted by Crippen LogP contribution is -2.35. The van der Waals surface area contributed by atoms with Gasteiger partial charge in [0, 0.05) is 11.7 Å². The molecular formula is C18H21N. The highest BCUT2D eigenvalue weighted by molar-refractivity contribution is 5.54. The number of para-hydroxylation sites is 1. The van der Waals surface area contributed by atoms with E-state index in [2.05, 4.69) is 67.7 Å². The molecule has 1 nitrogen and oxygen atoms in total. The molecule has 1 heterocycles. The van der Waals surface area contributed by atoms with Crippen molar-refractivity contribution in [3.63, 3.8) is 0 Å². The number of fused-ring (bicyclic) bond motifs is 1. The summed E-state index contributed by atoms with van der Waals surface area (Å²) in [5.41, 5.74) is 5.64. The van der Waals surface area contributed by atoms with Gasteiger partial charge in [-0.3, -0.25) is 0 Å². The Hall–Kier alpha value is -1.76. The monoisotopic (exact) mass is 251 g/mol. The van der Waals surface area contributed by atoms with E-state index in [1.807, 2.05) is 0 Å². The van der Waals surface area contributed by atoms with E-state index in [9.17, 15) is 0 Å². The van der Waals surface area contributed by atoms with Crippen LogP contribution in [0.5, 0.6) is 0 Å². The van der Waals surface area contributed by atoms with E-state index in [4.69, 9.17) is 0 Å². The van der Waals surface area contributed by atoms with Crippen molar-refractivity contribution in [2.24, 2.45) is 5.92 Å². The molecule has 19 heavy (non-hydrogen) atoms. The third-order valence-corrected chi connectivity index (χ3v) is 4.29. The summed E-state index contributed by atoms with van der Waals surface area (Å²) in [5.74, 6) is 0.675. The highest BCUT2D eigenvalue weighted by Gasteiger charge is 2.24. The fraction of sp³-hybridized carbons (Fsp3) is 0.333. The number of rotatable bonds is 2. The summed E-state index contributed by atoms with van der Waals surface area (Å²) >= 11 is 0. The fourth-order valence-electron chi connectivity index (χ4n) is 3.00. The number of aryl methyl sites for hydroxylation is 1. The van der Waals surface area contributed by atoms with E-state index in [1.54, 1.807) is 0 Å². The molecule has 0 saturated carbocycles. The second-order valence-electron chi connectivity index (χ2n) is 5.72. The van der Waals surface area contributed by atoms with Crippen molar-refractivity contribution in [3.8, 4) is 0 Å². The van der Waals surface area contributed by atoms with Crippen molar-refractivity contribution in [2.75, 3.05) is 5.32 Å². The van der Waals surface area contributed by atoms with Crippen LogP contribution < -0.4 is 5.32 Å². The molecule has 1 aliphatic heterocycles. The molecule has 0 radical (unpaired) electrons. The molecule has 3 rings (SSSR count). The predicted molar refractivity (Wildman–Crippen MR) is 81.6 cm³/mol. The van der Waals surface area contributed by atoms with Crippen LogP contribution in [0, 0.1) is 12.8 Å². The molecule has 2 aromatic carbocycles. The van der Waals surface area contributed by atoms with Crippen molar-refractivity contribution in [3.05, 3.63) is 65.2 Å². The molecule has 0 spiro atoms. The molecule has 2 atom stereocenters. The maximum absolute atomic E-state index is 3.72. The van der Waals surface area contributed by atoms with Gasteiger partial charge in [0.05, 0.1) is 0 Å². The van der Waals surface area contributed by atoms with Gasteiger partial charge in [0.2, 0.25) is 0 Å². The first kappa shape index (κ1) is 12.3. The van der Waals surface area contributed by atoms with E-state index >= 15 is 0 Å². The molecule has 1 heteroatoms. The first-order valence-electron chi connectivity index (χ1n) is 7.13. The minimum Gasteiger partial charge on any atom is -0.381 e. The third-order valence-electron chi connectivity index (χ3n) is 4.29. The van der Waals surface area contributed by atoms with Crippen LogP contribution in [0.4, 0.5) is 5.69 Å². The summed E-state index contributed by atoms with van der Waals surface area (Å²) in [5, 5.41) is 3.72. The molecule has 2 unspecified atom stereocenters. The van der Waals surface area contributed by atoms with Crippen LogP contribution in [0.15, 0.2) is 48.5 Å². The molecule has 1 N–H and O–H groups in total. The molecule has 0 fully saturated rings. The normalized spacial score (nSPS) is 21.6. The summed E-state index contributed by atoms with van der Waals surface area (Å²) in [6, 6.07) is 17.9. The standard InChI is InChI=1S/C18H21N/c1-13-7-3-4-8-15(13)12-18-14(2)11-16-9-5-6-10-17(16)19-18/h3-10,14,18-19H,11-12H2,1-2H3. The van der Waals surface area contributed by atoms with Crippen LogP contribution in [-0.2, 0) is 12.8 Å². The van der Waals surface area contributed by atoms with Crippen molar-refractivity contribution in [1.29, 1.82) is 0 Å². The number of benzene rings is 2. The van der Waals surface area contributed by atoms with Crippen molar-refractivity contribution in [1.82, 2.24) is 0 Å². The van der Waals surface area contributed by atoms with Crippen molar-refractivity contribution < 1.29 is 0 Å². The Labute approximate surface area is 115 Å². The summed E-state index contributed by atoms with van der Waals surface area (Å²) in [4.78, 5) is 0. The van der Waals surface area contributed by atoms with Crippen LogP contribution in [0.1, 0.15) is 23.6 Å². The number of hydrogen-bond donors (Lipinski definition) is 1. The summed E-state index contributed by atoms with van der Waals surface area (Å²) in [6.45, 7) is 4.56. The van der Waals surface area contributed by atoms with Gasteiger partial charge in [-0.2, -0.15) is 0 Å². The molecule has 1 aliphatic rings. The van der Waals surface area contributed by atoms with Crippen LogP contribution in [0.3, 0.4) is 0 Å². The Balaban J connectivity index is 1.82. The van der Waals surface area contributed by atoms with E-state index < -0.39 is 0 Å². The average molecular weight is 251 g/mol. The van der Waals surface area contributed by atoms with E-state index in [-0.39, 0.29) is 0 Å². The molecule has 98 valence electrons. The number of nitrogens with one attached hydrogen (secondary N) is 1. The summed E-state index contributed by atoms with van der Waals surface area (Å²) in [7, 11) is 0. The zero-order valence-corrected chi connectivity index (χ0v) is 11.7. The minimum absolute atomic E-state index is 0.538. The molecule has 0 aromatic heterocycles. The Morgan fingerprint density at radius 1 is 1.05 bits per heavy atom.